The van der Waals surface area contributed by atoms with Gasteiger partial charge in [-0.05, 0) is 12.1 Å². The third-order valence-corrected chi connectivity index (χ3v) is 3.32. The number of hydrogen-bond acceptors (Lipinski definition) is 4. The quantitative estimate of drug-likeness (QED) is 0.716. The Hall–Kier alpha value is -0.620. The molecule has 4 nitrogen and oxygen atoms in total. The van der Waals surface area contributed by atoms with Crippen LogP contribution in [0.15, 0.2) is 12.1 Å². The van der Waals surface area contributed by atoms with E-state index in [4.69, 9.17) is 21.1 Å². The van der Waals surface area contributed by atoms with E-state index in [0.29, 0.717) is 19.8 Å². The summed E-state index contributed by atoms with van der Waals surface area (Å²) in [5.74, 6) is -0.0503. The van der Waals surface area contributed by atoms with Crippen molar-refractivity contribution in [2.75, 3.05) is 34.0 Å². The molecule has 96 valence electrons. The Kier molecular flexibility index (Phi) is 6.50. The zero-order chi connectivity index (χ0) is 12.7. The summed E-state index contributed by atoms with van der Waals surface area (Å²) in [5, 5.41) is 0. The lowest BCUT2D eigenvalue weighted by Crippen LogP contribution is -2.30. The minimum atomic E-state index is -0.0503. The van der Waals surface area contributed by atoms with Gasteiger partial charge in [-0.3, -0.25) is 4.79 Å². The lowest BCUT2D eigenvalue weighted by molar-refractivity contribution is -0.135. The largest absolute Gasteiger partial charge is 0.382 e. The Morgan fingerprint density at radius 2 is 2.24 bits per heavy atom. The highest BCUT2D eigenvalue weighted by Gasteiger charge is 2.10. The fourth-order valence-electron chi connectivity index (χ4n) is 1.17. The molecule has 6 heteroatoms. The third-order valence-electron chi connectivity index (χ3n) is 2.10. The summed E-state index contributed by atoms with van der Waals surface area (Å²) in [6.07, 6.45) is 0. The first kappa shape index (κ1) is 14.4. The zero-order valence-electron chi connectivity index (χ0n) is 9.94. The highest BCUT2D eigenvalue weighted by atomic mass is 35.5. The van der Waals surface area contributed by atoms with Crippen LogP contribution in [0.2, 0.25) is 4.34 Å². The molecule has 0 aliphatic rings. The van der Waals surface area contributed by atoms with Gasteiger partial charge in [-0.1, -0.05) is 11.6 Å². The number of amides is 1. The number of ether oxygens (including phenoxy) is 2. The molecule has 1 aromatic rings. The summed E-state index contributed by atoms with van der Waals surface area (Å²) in [5.41, 5.74) is 0. The Labute approximate surface area is 110 Å². The Balaban J connectivity index is 2.27. The molecule has 1 heterocycles. The van der Waals surface area contributed by atoms with E-state index in [1.807, 2.05) is 12.1 Å². The van der Waals surface area contributed by atoms with Crippen LogP contribution in [0.4, 0.5) is 0 Å². The maximum Gasteiger partial charge on any atom is 0.248 e. The van der Waals surface area contributed by atoms with Crippen LogP contribution in [0.3, 0.4) is 0 Å². The van der Waals surface area contributed by atoms with Crippen molar-refractivity contribution in [2.24, 2.45) is 0 Å². The van der Waals surface area contributed by atoms with Crippen molar-refractivity contribution in [3.05, 3.63) is 21.3 Å². The second kappa shape index (κ2) is 7.66. The molecule has 0 saturated carbocycles. The van der Waals surface area contributed by atoms with Gasteiger partial charge in [-0.15, -0.1) is 11.3 Å². The number of halogens is 1. The van der Waals surface area contributed by atoms with Crippen molar-refractivity contribution >= 4 is 28.8 Å². The highest BCUT2D eigenvalue weighted by molar-refractivity contribution is 7.16. The average Bonchev–Trinajstić information content (AvgIpc) is 2.70. The molecule has 0 aromatic carbocycles. The smallest absolute Gasteiger partial charge is 0.248 e. The predicted octanol–water partition coefficient (Wildman–Crippen LogP) is 2.02. The molecule has 0 bridgehead atoms. The van der Waals surface area contributed by atoms with Gasteiger partial charge in [-0.25, -0.2) is 0 Å². The van der Waals surface area contributed by atoms with Gasteiger partial charge in [0.1, 0.15) is 6.61 Å². The first-order valence-electron chi connectivity index (χ1n) is 5.18. The molecule has 0 fully saturated rings. The van der Waals surface area contributed by atoms with Crippen molar-refractivity contribution in [1.82, 2.24) is 4.90 Å². The molecule has 0 saturated heterocycles. The summed E-state index contributed by atoms with van der Waals surface area (Å²) in [4.78, 5) is 14.3. The molecule has 0 atom stereocenters. The van der Waals surface area contributed by atoms with Gasteiger partial charge in [0.25, 0.3) is 0 Å². The van der Waals surface area contributed by atoms with Gasteiger partial charge in [0.2, 0.25) is 5.91 Å². The number of rotatable bonds is 7. The molecular formula is C11H16ClNO3S. The Morgan fingerprint density at radius 1 is 1.47 bits per heavy atom. The van der Waals surface area contributed by atoms with E-state index in [1.54, 1.807) is 19.1 Å². The van der Waals surface area contributed by atoms with Gasteiger partial charge >= 0.3 is 0 Å². The summed E-state index contributed by atoms with van der Waals surface area (Å²) in [7, 11) is 3.34. The van der Waals surface area contributed by atoms with Gasteiger partial charge in [0.15, 0.2) is 0 Å². The molecule has 1 rings (SSSR count). The summed E-state index contributed by atoms with van der Waals surface area (Å²) in [6, 6.07) is 3.75. The first-order chi connectivity index (χ1) is 8.13. The zero-order valence-corrected chi connectivity index (χ0v) is 11.5. The van der Waals surface area contributed by atoms with Crippen LogP contribution in [0.25, 0.3) is 0 Å². The fourth-order valence-corrected chi connectivity index (χ4v) is 2.31. The number of likely N-dealkylation sites (N-methyl/N-ethyl adjacent to an activating group) is 1. The summed E-state index contributed by atoms with van der Waals surface area (Å²) >= 11 is 7.29. The molecule has 0 N–H and O–H groups in total. The number of thiophene rings is 1. The highest BCUT2D eigenvalue weighted by Crippen LogP contribution is 2.22. The monoisotopic (exact) mass is 277 g/mol. The van der Waals surface area contributed by atoms with E-state index in [2.05, 4.69) is 0 Å². The SMILES string of the molecule is COCCOCC(=O)N(C)Cc1ccc(Cl)s1. The van der Waals surface area contributed by atoms with Crippen molar-refractivity contribution < 1.29 is 14.3 Å². The lowest BCUT2D eigenvalue weighted by Gasteiger charge is -2.16. The number of nitrogens with zero attached hydrogens (tertiary/aromatic N) is 1. The molecule has 17 heavy (non-hydrogen) atoms. The number of carbonyl (C=O) groups is 1. The third kappa shape index (κ3) is 5.50. The van der Waals surface area contributed by atoms with Crippen LogP contribution in [0.5, 0.6) is 0 Å². The molecular weight excluding hydrogens is 262 g/mol. The molecule has 0 spiro atoms. The number of methoxy groups -OCH3 is 1. The average molecular weight is 278 g/mol. The van der Waals surface area contributed by atoms with E-state index in [9.17, 15) is 4.79 Å². The Morgan fingerprint density at radius 3 is 2.82 bits per heavy atom. The second-order valence-corrected chi connectivity index (χ2v) is 5.30. The van der Waals surface area contributed by atoms with Gasteiger partial charge in [0, 0.05) is 19.0 Å². The molecule has 0 radical (unpaired) electrons. The van der Waals surface area contributed by atoms with Gasteiger partial charge < -0.3 is 14.4 Å². The van der Waals surface area contributed by atoms with Crippen LogP contribution in [0.1, 0.15) is 4.88 Å². The van der Waals surface area contributed by atoms with Crippen LogP contribution in [0, 0.1) is 0 Å². The van der Waals surface area contributed by atoms with E-state index in [0.717, 1.165) is 9.21 Å². The topological polar surface area (TPSA) is 38.8 Å². The first-order valence-corrected chi connectivity index (χ1v) is 6.37. The van der Waals surface area contributed by atoms with E-state index >= 15 is 0 Å². The van der Waals surface area contributed by atoms with E-state index in [1.165, 1.54) is 11.3 Å². The minimum Gasteiger partial charge on any atom is -0.382 e. The lowest BCUT2D eigenvalue weighted by atomic mass is 10.4. The van der Waals surface area contributed by atoms with Gasteiger partial charge in [0.05, 0.1) is 24.1 Å². The molecule has 1 amide bonds. The van der Waals surface area contributed by atoms with Crippen molar-refractivity contribution in [3.63, 3.8) is 0 Å². The second-order valence-electron chi connectivity index (χ2n) is 3.50. The molecule has 1 aromatic heterocycles. The van der Waals surface area contributed by atoms with E-state index < -0.39 is 0 Å². The normalized spacial score (nSPS) is 10.5. The molecule has 0 aliphatic heterocycles. The summed E-state index contributed by atoms with van der Waals surface area (Å²) in [6.45, 7) is 1.57. The maximum absolute atomic E-state index is 11.6. The number of hydrogen-bond donors (Lipinski definition) is 0. The molecule has 0 unspecified atom stereocenters. The predicted molar refractivity (Wildman–Crippen MR) is 68.5 cm³/mol. The fraction of sp³-hybridized carbons (Fsp3) is 0.545. The number of carbonyl (C=O) groups excluding carboxylic acids is 1. The van der Waals surface area contributed by atoms with Gasteiger partial charge in [-0.2, -0.15) is 0 Å². The molecule has 0 aliphatic carbocycles. The van der Waals surface area contributed by atoms with Crippen molar-refractivity contribution in [1.29, 1.82) is 0 Å². The van der Waals surface area contributed by atoms with Crippen LogP contribution in [-0.4, -0.2) is 44.8 Å². The Bertz CT molecular complexity index is 356. The van der Waals surface area contributed by atoms with Crippen molar-refractivity contribution in [2.45, 2.75) is 6.54 Å². The minimum absolute atomic E-state index is 0.0503. The van der Waals surface area contributed by atoms with Crippen LogP contribution in [-0.2, 0) is 20.8 Å². The van der Waals surface area contributed by atoms with Crippen LogP contribution >= 0.6 is 22.9 Å². The van der Waals surface area contributed by atoms with E-state index in [-0.39, 0.29) is 12.5 Å². The standard InChI is InChI=1S/C11H16ClNO3S/c1-13(7-9-3-4-10(12)17-9)11(14)8-16-6-5-15-2/h3-4H,5-8H2,1-2H3. The van der Waals surface area contributed by atoms with Crippen molar-refractivity contribution in [3.8, 4) is 0 Å². The van der Waals surface area contributed by atoms with Crippen LogP contribution < -0.4 is 0 Å². The maximum atomic E-state index is 11.6. The summed E-state index contributed by atoms with van der Waals surface area (Å²) < 4.78 is 10.7.